The first kappa shape index (κ1) is 11.6. The average molecular weight is 262 g/mol. The van der Waals surface area contributed by atoms with Crippen LogP contribution in [0.5, 0.6) is 5.75 Å². The molecule has 4 nitrogen and oxygen atoms in total. The van der Waals surface area contributed by atoms with E-state index in [-0.39, 0.29) is 10.5 Å². The van der Waals surface area contributed by atoms with Crippen molar-refractivity contribution in [3.8, 4) is 17.1 Å². The van der Waals surface area contributed by atoms with Crippen LogP contribution < -0.4 is 0 Å². The van der Waals surface area contributed by atoms with Gasteiger partial charge in [0.05, 0.1) is 4.75 Å². The van der Waals surface area contributed by atoms with Crippen LogP contribution in [0.1, 0.15) is 25.7 Å². The van der Waals surface area contributed by atoms with Crippen molar-refractivity contribution in [3.05, 3.63) is 30.2 Å². The van der Waals surface area contributed by atoms with E-state index in [0.717, 1.165) is 17.7 Å². The second kappa shape index (κ2) is 4.31. The summed E-state index contributed by atoms with van der Waals surface area (Å²) in [5, 5.41) is 13.3. The second-order valence-corrected chi connectivity index (χ2v) is 6.25. The molecule has 1 saturated heterocycles. The molecule has 5 heteroatoms. The molecule has 1 aliphatic heterocycles. The highest BCUT2D eigenvalue weighted by Gasteiger charge is 2.37. The number of phenols is 1. The van der Waals surface area contributed by atoms with E-state index in [2.05, 4.69) is 17.1 Å². The Bertz CT molecular complexity index is 544. The highest BCUT2D eigenvalue weighted by atomic mass is 32.2. The van der Waals surface area contributed by atoms with Gasteiger partial charge < -0.3 is 9.63 Å². The maximum absolute atomic E-state index is 9.25. The van der Waals surface area contributed by atoms with Crippen molar-refractivity contribution >= 4 is 11.8 Å². The molecule has 0 aliphatic carbocycles. The van der Waals surface area contributed by atoms with E-state index in [4.69, 9.17) is 4.52 Å². The molecular weight excluding hydrogens is 248 g/mol. The summed E-state index contributed by atoms with van der Waals surface area (Å²) >= 11 is 1.87. The molecule has 1 atom stereocenters. The van der Waals surface area contributed by atoms with Crippen molar-refractivity contribution in [2.24, 2.45) is 0 Å². The SMILES string of the molecule is CC1(c2nc(-c3ccc(O)cc3)no2)CCCS1. The fraction of sp³-hybridized carbons (Fsp3) is 0.385. The zero-order valence-corrected chi connectivity index (χ0v) is 10.9. The third kappa shape index (κ3) is 1.99. The first-order valence-corrected chi connectivity index (χ1v) is 6.93. The maximum Gasteiger partial charge on any atom is 0.242 e. The van der Waals surface area contributed by atoms with Gasteiger partial charge >= 0.3 is 0 Å². The summed E-state index contributed by atoms with van der Waals surface area (Å²) < 4.78 is 5.35. The summed E-state index contributed by atoms with van der Waals surface area (Å²) in [6.45, 7) is 2.15. The largest absolute Gasteiger partial charge is 0.508 e. The lowest BCUT2D eigenvalue weighted by Gasteiger charge is -2.15. The molecule has 1 aromatic carbocycles. The third-order valence-electron chi connectivity index (χ3n) is 3.22. The Balaban J connectivity index is 1.91. The molecule has 0 radical (unpaired) electrons. The van der Waals surface area contributed by atoms with Gasteiger partial charge in [-0.2, -0.15) is 4.98 Å². The fourth-order valence-corrected chi connectivity index (χ4v) is 3.35. The summed E-state index contributed by atoms with van der Waals surface area (Å²) in [6.07, 6.45) is 2.27. The predicted octanol–water partition coefficient (Wildman–Crippen LogP) is 3.18. The van der Waals surface area contributed by atoms with E-state index in [1.54, 1.807) is 24.3 Å². The standard InChI is InChI=1S/C13H14N2O2S/c1-13(7-2-8-18-13)12-14-11(15-17-12)9-3-5-10(16)6-4-9/h3-6,16H,2,7-8H2,1H3. The van der Waals surface area contributed by atoms with E-state index >= 15 is 0 Å². The number of benzene rings is 1. The molecule has 1 aliphatic rings. The molecule has 18 heavy (non-hydrogen) atoms. The number of thioether (sulfide) groups is 1. The number of phenolic OH excluding ortho intramolecular Hbond substituents is 1. The Morgan fingerprint density at radius 1 is 1.33 bits per heavy atom. The van der Waals surface area contributed by atoms with Crippen LogP contribution in [-0.2, 0) is 4.75 Å². The second-order valence-electron chi connectivity index (χ2n) is 4.65. The van der Waals surface area contributed by atoms with Gasteiger partial charge in [-0.05, 0) is 49.8 Å². The van der Waals surface area contributed by atoms with Gasteiger partial charge in [-0.25, -0.2) is 0 Å². The topological polar surface area (TPSA) is 59.2 Å². The molecule has 1 N–H and O–H groups in total. The van der Waals surface area contributed by atoms with Crippen LogP contribution in [0, 0.1) is 0 Å². The van der Waals surface area contributed by atoms with Crippen molar-refractivity contribution in [2.75, 3.05) is 5.75 Å². The highest BCUT2D eigenvalue weighted by molar-refractivity contribution is 8.00. The normalized spacial score (nSPS) is 23.4. The fourth-order valence-electron chi connectivity index (χ4n) is 2.11. The number of aromatic nitrogens is 2. The van der Waals surface area contributed by atoms with Crippen LogP contribution in [0.2, 0.25) is 0 Å². The molecule has 2 aromatic rings. The molecule has 0 bridgehead atoms. The van der Waals surface area contributed by atoms with Gasteiger partial charge in [-0.1, -0.05) is 5.16 Å². The summed E-state index contributed by atoms with van der Waals surface area (Å²) in [5.41, 5.74) is 0.856. The van der Waals surface area contributed by atoms with Crippen LogP contribution in [0.25, 0.3) is 11.4 Å². The number of hydrogen-bond acceptors (Lipinski definition) is 5. The van der Waals surface area contributed by atoms with Crippen LogP contribution in [0.4, 0.5) is 0 Å². The molecule has 1 aromatic heterocycles. The summed E-state index contributed by atoms with van der Waals surface area (Å²) in [4.78, 5) is 4.48. The number of hydrogen-bond donors (Lipinski definition) is 1. The summed E-state index contributed by atoms with van der Waals surface area (Å²) in [6, 6.07) is 6.82. The van der Waals surface area contributed by atoms with Crippen LogP contribution in [0.15, 0.2) is 28.8 Å². The lowest BCUT2D eigenvalue weighted by molar-refractivity contribution is 0.343. The average Bonchev–Trinajstić information content (AvgIpc) is 2.99. The molecule has 2 heterocycles. The Morgan fingerprint density at radius 2 is 2.11 bits per heavy atom. The van der Waals surface area contributed by atoms with Gasteiger partial charge in [0.1, 0.15) is 5.75 Å². The van der Waals surface area contributed by atoms with Crippen molar-refractivity contribution < 1.29 is 9.63 Å². The minimum Gasteiger partial charge on any atom is -0.508 e. The molecule has 1 fully saturated rings. The number of rotatable bonds is 2. The predicted molar refractivity (Wildman–Crippen MR) is 70.4 cm³/mol. The summed E-state index contributed by atoms with van der Waals surface area (Å²) in [5.74, 6) is 2.67. The Hall–Kier alpha value is -1.49. The van der Waals surface area contributed by atoms with Gasteiger partial charge in [0.15, 0.2) is 0 Å². The van der Waals surface area contributed by atoms with E-state index in [1.165, 1.54) is 6.42 Å². The van der Waals surface area contributed by atoms with Crippen molar-refractivity contribution in [2.45, 2.75) is 24.5 Å². The maximum atomic E-state index is 9.25. The molecule has 0 spiro atoms. The van der Waals surface area contributed by atoms with Crippen LogP contribution in [-0.4, -0.2) is 21.0 Å². The molecule has 0 saturated carbocycles. The zero-order valence-electron chi connectivity index (χ0n) is 10.1. The van der Waals surface area contributed by atoms with Gasteiger partial charge in [0, 0.05) is 5.56 Å². The highest BCUT2D eigenvalue weighted by Crippen LogP contribution is 2.45. The number of nitrogens with zero attached hydrogens (tertiary/aromatic N) is 2. The molecule has 94 valence electrons. The molecular formula is C13H14N2O2S. The molecule has 1 unspecified atom stereocenters. The van der Waals surface area contributed by atoms with Gasteiger partial charge in [-0.3, -0.25) is 0 Å². The van der Waals surface area contributed by atoms with E-state index in [0.29, 0.717) is 11.7 Å². The summed E-state index contributed by atoms with van der Waals surface area (Å²) in [7, 11) is 0. The minimum absolute atomic E-state index is 0.0395. The van der Waals surface area contributed by atoms with Gasteiger partial charge in [0.25, 0.3) is 0 Å². The Kier molecular flexibility index (Phi) is 2.78. The van der Waals surface area contributed by atoms with E-state index in [9.17, 15) is 5.11 Å². The van der Waals surface area contributed by atoms with Crippen LogP contribution in [0.3, 0.4) is 0 Å². The first-order chi connectivity index (χ1) is 8.67. The Morgan fingerprint density at radius 3 is 2.78 bits per heavy atom. The lowest BCUT2D eigenvalue weighted by atomic mass is 10.1. The van der Waals surface area contributed by atoms with Gasteiger partial charge in [0.2, 0.25) is 11.7 Å². The lowest BCUT2D eigenvalue weighted by Crippen LogP contribution is -2.12. The van der Waals surface area contributed by atoms with E-state index in [1.807, 2.05) is 11.8 Å². The van der Waals surface area contributed by atoms with Crippen molar-refractivity contribution in [1.82, 2.24) is 10.1 Å². The first-order valence-electron chi connectivity index (χ1n) is 5.95. The van der Waals surface area contributed by atoms with Crippen molar-refractivity contribution in [3.63, 3.8) is 0 Å². The smallest absolute Gasteiger partial charge is 0.242 e. The molecule has 3 rings (SSSR count). The van der Waals surface area contributed by atoms with E-state index < -0.39 is 0 Å². The van der Waals surface area contributed by atoms with Crippen LogP contribution >= 0.6 is 11.8 Å². The third-order valence-corrected chi connectivity index (χ3v) is 4.73. The molecule has 0 amide bonds. The van der Waals surface area contributed by atoms with Crippen molar-refractivity contribution in [1.29, 1.82) is 0 Å². The van der Waals surface area contributed by atoms with Gasteiger partial charge in [-0.15, -0.1) is 11.8 Å². The zero-order chi connectivity index (χ0) is 12.6. The number of aromatic hydroxyl groups is 1. The quantitative estimate of drug-likeness (QED) is 0.900. The minimum atomic E-state index is -0.0395. The monoisotopic (exact) mass is 262 g/mol. The Labute approximate surface area is 109 Å².